The van der Waals surface area contributed by atoms with E-state index in [9.17, 15) is 18.0 Å². The summed E-state index contributed by atoms with van der Waals surface area (Å²) in [5.74, 6) is 0. The van der Waals surface area contributed by atoms with Gasteiger partial charge in [-0.1, -0.05) is 6.92 Å². The Morgan fingerprint density at radius 1 is 1.57 bits per heavy atom. The fourth-order valence-electron chi connectivity index (χ4n) is 2.68. The molecule has 2 heterocycles. The number of hydrogen-bond donors (Lipinski definition) is 2. The molecular weight excluding hydrogens is 313 g/mol. The van der Waals surface area contributed by atoms with Crippen LogP contribution < -0.4 is 10.6 Å². The van der Waals surface area contributed by atoms with Crippen molar-refractivity contribution in [3.05, 3.63) is 17.5 Å². The zero-order valence-corrected chi connectivity index (χ0v) is 13.1. The van der Waals surface area contributed by atoms with E-state index in [1.54, 1.807) is 0 Å². The van der Waals surface area contributed by atoms with Crippen molar-refractivity contribution in [2.75, 3.05) is 6.61 Å². The number of carbonyl (C=O) groups is 1. The van der Waals surface area contributed by atoms with E-state index in [2.05, 4.69) is 15.7 Å². The van der Waals surface area contributed by atoms with Gasteiger partial charge in [-0.25, -0.2) is 4.79 Å². The minimum absolute atomic E-state index is 0.0325. The summed E-state index contributed by atoms with van der Waals surface area (Å²) >= 11 is 0. The van der Waals surface area contributed by atoms with Gasteiger partial charge in [0, 0.05) is 32.0 Å². The first-order chi connectivity index (χ1) is 10.8. The van der Waals surface area contributed by atoms with Gasteiger partial charge in [0.25, 0.3) is 0 Å². The summed E-state index contributed by atoms with van der Waals surface area (Å²) in [7, 11) is 1.41. The number of aromatic nitrogens is 2. The van der Waals surface area contributed by atoms with E-state index in [0.29, 0.717) is 13.0 Å². The Morgan fingerprint density at radius 2 is 2.30 bits per heavy atom. The lowest BCUT2D eigenvalue weighted by Crippen LogP contribution is -2.47. The van der Waals surface area contributed by atoms with Gasteiger partial charge >= 0.3 is 12.2 Å². The quantitative estimate of drug-likeness (QED) is 0.867. The molecule has 0 unspecified atom stereocenters. The third kappa shape index (κ3) is 4.60. The highest BCUT2D eigenvalue weighted by atomic mass is 19.4. The van der Waals surface area contributed by atoms with Crippen molar-refractivity contribution in [1.29, 1.82) is 0 Å². The maximum atomic E-state index is 12.8. The molecule has 1 saturated heterocycles. The molecule has 0 aliphatic carbocycles. The van der Waals surface area contributed by atoms with E-state index < -0.39 is 17.9 Å². The summed E-state index contributed by atoms with van der Waals surface area (Å²) in [4.78, 5) is 11.9. The van der Waals surface area contributed by atoms with Crippen LogP contribution in [0.2, 0.25) is 0 Å². The van der Waals surface area contributed by atoms with Crippen LogP contribution in [0.5, 0.6) is 0 Å². The van der Waals surface area contributed by atoms with Crippen LogP contribution in [0.25, 0.3) is 0 Å². The summed E-state index contributed by atoms with van der Waals surface area (Å²) in [5.41, 5.74) is -1.05. The highest BCUT2D eigenvalue weighted by Crippen LogP contribution is 2.30. The van der Waals surface area contributed by atoms with Crippen LogP contribution in [0.15, 0.2) is 6.20 Å². The first-order valence-electron chi connectivity index (χ1n) is 7.57. The Balaban J connectivity index is 1.91. The van der Waals surface area contributed by atoms with E-state index in [0.717, 1.165) is 17.5 Å². The molecular formula is C14H21F3N4O2. The fraction of sp³-hybridized carbons (Fsp3) is 0.714. The van der Waals surface area contributed by atoms with Crippen LogP contribution in [0.3, 0.4) is 0 Å². The van der Waals surface area contributed by atoms with E-state index >= 15 is 0 Å². The van der Waals surface area contributed by atoms with Crippen molar-refractivity contribution in [3.8, 4) is 0 Å². The number of amides is 2. The van der Waals surface area contributed by atoms with E-state index in [1.807, 2.05) is 6.92 Å². The highest BCUT2D eigenvalue weighted by Gasteiger charge is 2.37. The van der Waals surface area contributed by atoms with Gasteiger partial charge in [-0.15, -0.1) is 0 Å². The van der Waals surface area contributed by atoms with Crippen LogP contribution in [-0.2, 0) is 24.5 Å². The number of nitrogens with zero attached hydrogens (tertiary/aromatic N) is 2. The number of nitrogens with one attached hydrogen (secondary N) is 2. The highest BCUT2D eigenvalue weighted by molar-refractivity contribution is 5.74. The molecule has 2 N–H and O–H groups in total. The van der Waals surface area contributed by atoms with Gasteiger partial charge in [-0.2, -0.15) is 18.3 Å². The molecule has 0 saturated carbocycles. The number of aryl methyl sites for hydroxylation is 1. The Labute approximate surface area is 132 Å². The molecule has 2 amide bonds. The molecule has 1 fully saturated rings. The normalized spacial score (nSPS) is 19.6. The second-order valence-corrected chi connectivity index (χ2v) is 5.57. The molecule has 130 valence electrons. The topological polar surface area (TPSA) is 68.2 Å². The van der Waals surface area contributed by atoms with Crippen molar-refractivity contribution in [2.24, 2.45) is 7.05 Å². The standard InChI is InChI=1S/C14H21F3N4O2/c1-3-10(11-5-4-6-23-11)19-13(22)18-7-9-8-21(2)20-12(9)14(15,16)17/h8,10-11H,3-7H2,1-2H3,(H2,18,19,22)/t10-,11+/m0/s1. The van der Waals surface area contributed by atoms with Crippen LogP contribution in [0.4, 0.5) is 18.0 Å². The van der Waals surface area contributed by atoms with Crippen molar-refractivity contribution in [1.82, 2.24) is 20.4 Å². The molecule has 23 heavy (non-hydrogen) atoms. The fourth-order valence-corrected chi connectivity index (χ4v) is 2.68. The summed E-state index contributed by atoms with van der Waals surface area (Å²) in [6.45, 7) is 2.36. The minimum atomic E-state index is -4.54. The first kappa shape index (κ1) is 17.6. The number of hydrogen-bond acceptors (Lipinski definition) is 3. The van der Waals surface area contributed by atoms with Crippen molar-refractivity contribution in [2.45, 2.75) is 51.1 Å². The number of halogens is 3. The van der Waals surface area contributed by atoms with Crippen LogP contribution >= 0.6 is 0 Å². The molecule has 9 heteroatoms. The molecule has 0 aromatic carbocycles. The van der Waals surface area contributed by atoms with E-state index in [1.165, 1.54) is 13.2 Å². The Hall–Kier alpha value is -1.77. The number of ether oxygens (including phenoxy) is 1. The van der Waals surface area contributed by atoms with Gasteiger partial charge in [0.05, 0.1) is 12.1 Å². The average Bonchev–Trinajstić information content (AvgIpc) is 3.11. The van der Waals surface area contributed by atoms with Gasteiger partial charge in [-0.05, 0) is 19.3 Å². The smallest absolute Gasteiger partial charge is 0.376 e. The van der Waals surface area contributed by atoms with Gasteiger partial charge in [0.15, 0.2) is 5.69 Å². The molecule has 0 bridgehead atoms. The molecule has 2 atom stereocenters. The van der Waals surface area contributed by atoms with Gasteiger partial charge in [-0.3, -0.25) is 4.68 Å². The molecule has 1 aromatic heterocycles. The molecule has 0 radical (unpaired) electrons. The SMILES string of the molecule is CC[C@H](NC(=O)NCc1cn(C)nc1C(F)(F)F)[C@H]1CCCO1. The second kappa shape index (κ2) is 7.20. The maximum Gasteiger partial charge on any atom is 0.435 e. The molecule has 0 spiro atoms. The lowest BCUT2D eigenvalue weighted by Gasteiger charge is -2.23. The lowest BCUT2D eigenvalue weighted by atomic mass is 10.1. The van der Waals surface area contributed by atoms with Crippen LogP contribution in [0.1, 0.15) is 37.4 Å². The maximum absolute atomic E-state index is 12.8. The average molecular weight is 334 g/mol. The number of alkyl halides is 3. The predicted octanol–water partition coefficient (Wildman–Crippen LogP) is 2.20. The molecule has 1 aromatic rings. The zero-order valence-electron chi connectivity index (χ0n) is 13.1. The Kier molecular flexibility index (Phi) is 5.51. The largest absolute Gasteiger partial charge is 0.435 e. The summed E-state index contributed by atoms with van der Waals surface area (Å²) in [5, 5.41) is 8.61. The lowest BCUT2D eigenvalue weighted by molar-refractivity contribution is -0.142. The Bertz CT molecular complexity index is 539. The molecule has 1 aliphatic rings. The van der Waals surface area contributed by atoms with Crippen LogP contribution in [-0.4, -0.2) is 34.6 Å². The second-order valence-electron chi connectivity index (χ2n) is 5.57. The summed E-state index contributed by atoms with van der Waals surface area (Å²) in [6.07, 6.45) is -0.804. The van der Waals surface area contributed by atoms with E-state index in [-0.39, 0.29) is 24.3 Å². The third-order valence-electron chi connectivity index (χ3n) is 3.78. The first-order valence-corrected chi connectivity index (χ1v) is 7.57. The van der Waals surface area contributed by atoms with Gasteiger partial charge in [0.1, 0.15) is 0 Å². The van der Waals surface area contributed by atoms with Gasteiger partial charge < -0.3 is 15.4 Å². The molecule has 6 nitrogen and oxygen atoms in total. The van der Waals surface area contributed by atoms with Gasteiger partial charge in [0.2, 0.25) is 0 Å². The van der Waals surface area contributed by atoms with E-state index in [4.69, 9.17) is 4.74 Å². The third-order valence-corrected chi connectivity index (χ3v) is 3.78. The minimum Gasteiger partial charge on any atom is -0.376 e. The zero-order chi connectivity index (χ0) is 17.0. The van der Waals surface area contributed by atoms with Crippen molar-refractivity contribution >= 4 is 6.03 Å². The number of carbonyl (C=O) groups excluding carboxylic acids is 1. The monoisotopic (exact) mass is 334 g/mol. The van der Waals surface area contributed by atoms with Crippen molar-refractivity contribution in [3.63, 3.8) is 0 Å². The Morgan fingerprint density at radius 3 is 2.87 bits per heavy atom. The molecule has 2 rings (SSSR count). The predicted molar refractivity (Wildman–Crippen MR) is 76.6 cm³/mol. The summed E-state index contributed by atoms with van der Waals surface area (Å²) in [6, 6.07) is -0.655. The molecule has 1 aliphatic heterocycles. The number of urea groups is 1. The summed E-state index contributed by atoms with van der Waals surface area (Å²) < 4.78 is 45.1. The van der Waals surface area contributed by atoms with Crippen molar-refractivity contribution < 1.29 is 22.7 Å². The number of rotatable bonds is 5. The van der Waals surface area contributed by atoms with Crippen LogP contribution in [0, 0.1) is 0 Å².